The van der Waals surface area contributed by atoms with Gasteiger partial charge in [0.05, 0.1) is 12.8 Å². The van der Waals surface area contributed by atoms with Gasteiger partial charge < -0.3 is 10.1 Å². The number of hydrogen-bond acceptors (Lipinski definition) is 3. The van der Waals surface area contributed by atoms with Crippen LogP contribution in [0.25, 0.3) is 0 Å². The smallest absolute Gasteiger partial charge is 0.227 e. The molecular weight excluding hydrogens is 360 g/mol. The van der Waals surface area contributed by atoms with Gasteiger partial charge in [-0.3, -0.25) is 9.69 Å². The lowest BCUT2D eigenvalue weighted by Gasteiger charge is -2.37. The quantitative estimate of drug-likeness (QED) is 0.746. The van der Waals surface area contributed by atoms with Gasteiger partial charge in [-0.25, -0.2) is 0 Å². The maximum Gasteiger partial charge on any atom is 0.227 e. The van der Waals surface area contributed by atoms with E-state index in [1.807, 2.05) is 36.4 Å². The highest BCUT2D eigenvalue weighted by atomic mass is 35.5. The molecule has 0 spiro atoms. The van der Waals surface area contributed by atoms with Gasteiger partial charge in [-0.15, -0.1) is 0 Å². The zero-order valence-corrected chi connectivity index (χ0v) is 16.7. The number of methoxy groups -OCH3 is 1. The highest BCUT2D eigenvalue weighted by Crippen LogP contribution is 2.31. The van der Waals surface area contributed by atoms with E-state index < -0.39 is 0 Å². The number of benzene rings is 2. The maximum atomic E-state index is 12.7. The Morgan fingerprint density at radius 2 is 1.85 bits per heavy atom. The van der Waals surface area contributed by atoms with E-state index in [0.29, 0.717) is 11.8 Å². The van der Waals surface area contributed by atoms with Crippen LogP contribution in [0.15, 0.2) is 48.5 Å². The van der Waals surface area contributed by atoms with Gasteiger partial charge >= 0.3 is 0 Å². The van der Waals surface area contributed by atoms with Gasteiger partial charge in [0.2, 0.25) is 5.91 Å². The lowest BCUT2D eigenvalue weighted by molar-refractivity contribution is -0.121. The van der Waals surface area contributed by atoms with Crippen molar-refractivity contribution in [1.29, 1.82) is 0 Å². The first-order valence-corrected chi connectivity index (χ1v) is 9.93. The predicted molar refractivity (Wildman–Crippen MR) is 110 cm³/mol. The summed E-state index contributed by atoms with van der Waals surface area (Å²) in [5.74, 6) is 0.810. The van der Waals surface area contributed by atoms with Crippen molar-refractivity contribution in [3.8, 4) is 5.75 Å². The molecule has 1 unspecified atom stereocenters. The monoisotopic (exact) mass is 386 g/mol. The van der Waals surface area contributed by atoms with Crippen molar-refractivity contribution >= 4 is 23.2 Å². The molecule has 1 saturated heterocycles. The van der Waals surface area contributed by atoms with Gasteiger partial charge in [0.1, 0.15) is 5.75 Å². The van der Waals surface area contributed by atoms with E-state index >= 15 is 0 Å². The lowest BCUT2D eigenvalue weighted by atomic mass is 9.92. The van der Waals surface area contributed by atoms with E-state index in [1.165, 1.54) is 5.56 Å². The Hall–Kier alpha value is -2.04. The van der Waals surface area contributed by atoms with Crippen LogP contribution in [-0.4, -0.2) is 31.0 Å². The van der Waals surface area contributed by atoms with Crippen LogP contribution in [0.5, 0.6) is 5.75 Å². The third-order valence-corrected chi connectivity index (χ3v) is 5.60. The minimum Gasteiger partial charge on any atom is -0.495 e. The van der Waals surface area contributed by atoms with Crippen LogP contribution < -0.4 is 10.1 Å². The van der Waals surface area contributed by atoms with Crippen molar-refractivity contribution in [2.45, 2.75) is 32.2 Å². The largest absolute Gasteiger partial charge is 0.495 e. The van der Waals surface area contributed by atoms with E-state index in [4.69, 9.17) is 16.3 Å². The average molecular weight is 387 g/mol. The van der Waals surface area contributed by atoms with Crippen molar-refractivity contribution in [2.24, 2.45) is 5.92 Å². The molecule has 3 rings (SSSR count). The number of amides is 1. The topological polar surface area (TPSA) is 41.6 Å². The summed E-state index contributed by atoms with van der Waals surface area (Å²) in [6, 6.07) is 16.0. The second-order valence-electron chi connectivity index (χ2n) is 6.98. The first-order chi connectivity index (χ1) is 13.1. The molecule has 1 heterocycles. The Kier molecular flexibility index (Phi) is 6.75. The van der Waals surface area contributed by atoms with Gasteiger partial charge in [-0.2, -0.15) is 0 Å². The molecule has 0 radical (unpaired) electrons. The lowest BCUT2D eigenvalue weighted by Crippen LogP contribution is -2.40. The van der Waals surface area contributed by atoms with Crippen molar-refractivity contribution in [2.75, 3.05) is 25.5 Å². The number of para-hydroxylation sites is 2. The van der Waals surface area contributed by atoms with Crippen LogP contribution in [0.3, 0.4) is 0 Å². The molecule has 1 atom stereocenters. The van der Waals surface area contributed by atoms with Gasteiger partial charge in [0.15, 0.2) is 0 Å². The number of hydrogen-bond donors (Lipinski definition) is 1. The number of carbonyl (C=O) groups is 1. The minimum absolute atomic E-state index is 0.0360. The van der Waals surface area contributed by atoms with E-state index in [2.05, 4.69) is 29.3 Å². The standard InChI is InChI=1S/C22H27ClN2O2/c1-3-20(16-8-10-18(23)11-9-16)25-14-12-17(13-15-25)22(26)24-19-6-4-5-7-21(19)27-2/h4-11,17,20H,3,12-15H2,1-2H3,(H,24,26). The Bertz CT molecular complexity index is 755. The number of piperidine rings is 1. The molecule has 2 aromatic rings. The minimum atomic E-state index is 0.0360. The van der Waals surface area contributed by atoms with Gasteiger partial charge in [0, 0.05) is 17.0 Å². The van der Waals surface area contributed by atoms with Crippen molar-refractivity contribution in [3.63, 3.8) is 0 Å². The van der Waals surface area contributed by atoms with E-state index in [0.717, 1.165) is 43.1 Å². The van der Waals surface area contributed by atoms with Crippen LogP contribution in [0.2, 0.25) is 5.02 Å². The molecule has 1 fully saturated rings. The normalized spacial score (nSPS) is 16.7. The van der Waals surface area contributed by atoms with Crippen LogP contribution in [-0.2, 0) is 4.79 Å². The highest BCUT2D eigenvalue weighted by molar-refractivity contribution is 6.30. The van der Waals surface area contributed by atoms with Crippen molar-refractivity contribution in [1.82, 2.24) is 4.90 Å². The SMILES string of the molecule is CCC(c1ccc(Cl)cc1)N1CCC(C(=O)Nc2ccccc2OC)CC1. The third-order valence-electron chi connectivity index (χ3n) is 5.35. The van der Waals surface area contributed by atoms with E-state index in [9.17, 15) is 4.79 Å². The molecular formula is C22H27ClN2O2. The van der Waals surface area contributed by atoms with Gasteiger partial charge in [-0.1, -0.05) is 42.8 Å². The molecule has 144 valence electrons. The summed E-state index contributed by atoms with van der Waals surface area (Å²) >= 11 is 6.02. The molecule has 5 heteroatoms. The molecule has 1 aliphatic heterocycles. The third kappa shape index (κ3) is 4.82. The predicted octanol–water partition coefficient (Wildman–Crippen LogP) is 5.15. The number of anilines is 1. The van der Waals surface area contributed by atoms with Crippen molar-refractivity contribution < 1.29 is 9.53 Å². The maximum absolute atomic E-state index is 12.7. The molecule has 4 nitrogen and oxygen atoms in total. The molecule has 0 saturated carbocycles. The van der Waals surface area contributed by atoms with Crippen molar-refractivity contribution in [3.05, 3.63) is 59.1 Å². The molecule has 0 aromatic heterocycles. The number of nitrogens with one attached hydrogen (secondary N) is 1. The highest BCUT2D eigenvalue weighted by Gasteiger charge is 2.29. The summed E-state index contributed by atoms with van der Waals surface area (Å²) in [7, 11) is 1.62. The molecule has 1 amide bonds. The Morgan fingerprint density at radius 3 is 2.48 bits per heavy atom. The van der Waals surface area contributed by atoms with Crippen LogP contribution in [0.4, 0.5) is 5.69 Å². The summed E-state index contributed by atoms with van der Waals surface area (Å²) < 4.78 is 5.32. The summed E-state index contributed by atoms with van der Waals surface area (Å²) in [6.45, 7) is 4.05. The number of nitrogens with zero attached hydrogens (tertiary/aromatic N) is 1. The number of halogens is 1. The number of carbonyl (C=O) groups excluding carboxylic acids is 1. The van der Waals surface area contributed by atoms with Crippen LogP contribution >= 0.6 is 11.6 Å². The Balaban J connectivity index is 1.59. The summed E-state index contributed by atoms with van der Waals surface area (Å²) in [5, 5.41) is 3.79. The van der Waals surface area contributed by atoms with E-state index in [-0.39, 0.29) is 11.8 Å². The second-order valence-corrected chi connectivity index (χ2v) is 7.41. The second kappa shape index (κ2) is 9.25. The average Bonchev–Trinajstić information content (AvgIpc) is 2.71. The zero-order valence-electron chi connectivity index (χ0n) is 16.0. The molecule has 1 aliphatic rings. The van der Waals surface area contributed by atoms with Gasteiger partial charge in [-0.05, 0) is 62.2 Å². The fourth-order valence-corrected chi connectivity index (χ4v) is 3.97. The number of likely N-dealkylation sites (tertiary alicyclic amines) is 1. The van der Waals surface area contributed by atoms with Crippen LogP contribution in [0, 0.1) is 5.92 Å². The molecule has 2 aromatic carbocycles. The molecule has 27 heavy (non-hydrogen) atoms. The summed E-state index contributed by atoms with van der Waals surface area (Å²) in [6.07, 6.45) is 2.77. The zero-order chi connectivity index (χ0) is 19.2. The Labute approximate surface area is 166 Å². The summed E-state index contributed by atoms with van der Waals surface area (Å²) in [4.78, 5) is 15.2. The first kappa shape index (κ1) is 19.7. The number of rotatable bonds is 6. The van der Waals surface area contributed by atoms with E-state index in [1.54, 1.807) is 7.11 Å². The Morgan fingerprint density at radius 1 is 1.19 bits per heavy atom. The molecule has 0 bridgehead atoms. The van der Waals surface area contributed by atoms with Crippen LogP contribution in [0.1, 0.15) is 37.8 Å². The fraction of sp³-hybridized carbons (Fsp3) is 0.409. The summed E-state index contributed by atoms with van der Waals surface area (Å²) in [5.41, 5.74) is 2.03. The fourth-order valence-electron chi connectivity index (χ4n) is 3.85. The van der Waals surface area contributed by atoms with Gasteiger partial charge in [0.25, 0.3) is 0 Å². The molecule has 1 N–H and O–H groups in total. The molecule has 0 aliphatic carbocycles. The number of ether oxygens (including phenoxy) is 1. The first-order valence-electron chi connectivity index (χ1n) is 9.55.